The van der Waals surface area contributed by atoms with E-state index in [1.807, 2.05) is 0 Å². The fourth-order valence-electron chi connectivity index (χ4n) is 4.04. The maximum atomic E-state index is 9.77. The number of aliphatic hydroxyl groups excluding tert-OH is 1. The molecule has 3 heterocycles. The van der Waals surface area contributed by atoms with Crippen molar-refractivity contribution < 1.29 is 5.11 Å². The van der Waals surface area contributed by atoms with Crippen LogP contribution in [0.5, 0.6) is 0 Å². The summed E-state index contributed by atoms with van der Waals surface area (Å²) in [5.41, 5.74) is 2.27. The Hall–Kier alpha value is -0.910. The zero-order valence-corrected chi connectivity index (χ0v) is 15.0. The first-order valence-electron chi connectivity index (χ1n) is 9.18. The number of aryl methyl sites for hydroxylation is 1. The molecule has 0 spiro atoms. The Morgan fingerprint density at radius 1 is 1.13 bits per heavy atom. The zero-order valence-electron chi connectivity index (χ0n) is 15.0. The van der Waals surface area contributed by atoms with E-state index < -0.39 is 6.10 Å². The van der Waals surface area contributed by atoms with Gasteiger partial charge in [0.25, 0.3) is 0 Å². The first-order valence-corrected chi connectivity index (χ1v) is 9.18. The second-order valence-electron chi connectivity index (χ2n) is 7.88. The third-order valence-electron chi connectivity index (χ3n) is 5.36. The molecule has 5 heteroatoms. The molecule has 1 saturated heterocycles. The average Bonchev–Trinajstić information content (AvgIpc) is 2.82. The van der Waals surface area contributed by atoms with Gasteiger partial charge in [0.05, 0.1) is 17.5 Å². The number of aliphatic hydroxyl groups is 1. The van der Waals surface area contributed by atoms with Crippen LogP contribution in [0.25, 0.3) is 0 Å². The zero-order chi connectivity index (χ0) is 16.4. The smallest absolute Gasteiger partial charge is 0.0950 e. The van der Waals surface area contributed by atoms with Crippen molar-refractivity contribution in [2.45, 2.75) is 71.2 Å². The first kappa shape index (κ1) is 16.9. The predicted molar refractivity (Wildman–Crippen MR) is 92.3 cm³/mol. The first-order chi connectivity index (χ1) is 11.0. The van der Waals surface area contributed by atoms with Crippen LogP contribution in [0, 0.1) is 0 Å². The lowest BCUT2D eigenvalue weighted by atomic mass is 9.97. The molecule has 1 aromatic rings. The minimum Gasteiger partial charge on any atom is -0.387 e. The Bertz CT molecular complexity index is 517. The molecule has 1 atom stereocenters. The number of rotatable bonds is 4. The summed E-state index contributed by atoms with van der Waals surface area (Å²) < 4.78 is 2.09. The van der Waals surface area contributed by atoms with E-state index >= 15 is 0 Å². The number of hydrogen-bond donors (Lipinski definition) is 1. The van der Waals surface area contributed by atoms with E-state index in [0.29, 0.717) is 0 Å². The van der Waals surface area contributed by atoms with Gasteiger partial charge in [0, 0.05) is 31.7 Å². The molecule has 0 unspecified atom stereocenters. The summed E-state index contributed by atoms with van der Waals surface area (Å²) in [6, 6.07) is 2.08. The summed E-state index contributed by atoms with van der Waals surface area (Å²) in [5, 5.41) is 14.3. The SMILES string of the molecule is C[C@@H](O)c1cc2n(n1)CCCN(CC(C)(C)N1CCCCC1)C2. The van der Waals surface area contributed by atoms with Gasteiger partial charge in [-0.3, -0.25) is 14.5 Å². The summed E-state index contributed by atoms with van der Waals surface area (Å²) in [6.07, 6.45) is 4.72. The number of likely N-dealkylation sites (tertiary alicyclic amines) is 1. The molecule has 3 rings (SSSR count). The van der Waals surface area contributed by atoms with Gasteiger partial charge in [-0.15, -0.1) is 0 Å². The van der Waals surface area contributed by atoms with Crippen molar-refractivity contribution in [3.63, 3.8) is 0 Å². The minimum absolute atomic E-state index is 0.225. The molecular formula is C18H32N4O. The van der Waals surface area contributed by atoms with Crippen molar-refractivity contribution >= 4 is 0 Å². The second kappa shape index (κ2) is 6.91. The average molecular weight is 320 g/mol. The number of piperidine rings is 1. The van der Waals surface area contributed by atoms with Crippen LogP contribution in [0.15, 0.2) is 6.07 Å². The molecule has 0 bridgehead atoms. The van der Waals surface area contributed by atoms with Gasteiger partial charge in [-0.1, -0.05) is 6.42 Å². The molecule has 130 valence electrons. The van der Waals surface area contributed by atoms with E-state index in [4.69, 9.17) is 0 Å². The van der Waals surface area contributed by atoms with Crippen LogP contribution in [-0.2, 0) is 13.1 Å². The van der Waals surface area contributed by atoms with Crippen molar-refractivity contribution in [1.29, 1.82) is 0 Å². The predicted octanol–water partition coefficient (Wildman–Crippen LogP) is 2.41. The van der Waals surface area contributed by atoms with Crippen molar-refractivity contribution in [3.8, 4) is 0 Å². The van der Waals surface area contributed by atoms with Crippen LogP contribution in [0.4, 0.5) is 0 Å². The number of aromatic nitrogens is 2. The van der Waals surface area contributed by atoms with Gasteiger partial charge in [-0.2, -0.15) is 5.10 Å². The van der Waals surface area contributed by atoms with Crippen molar-refractivity contribution in [2.24, 2.45) is 0 Å². The molecule has 1 N–H and O–H groups in total. The van der Waals surface area contributed by atoms with Gasteiger partial charge < -0.3 is 5.11 Å². The summed E-state index contributed by atoms with van der Waals surface area (Å²) in [5.74, 6) is 0. The van der Waals surface area contributed by atoms with Gasteiger partial charge in [0.15, 0.2) is 0 Å². The maximum absolute atomic E-state index is 9.77. The van der Waals surface area contributed by atoms with Gasteiger partial charge in [-0.05, 0) is 59.2 Å². The normalized spacial score (nSPS) is 22.6. The molecule has 2 aliphatic heterocycles. The lowest BCUT2D eigenvalue weighted by Crippen LogP contribution is -2.53. The fourth-order valence-corrected chi connectivity index (χ4v) is 4.04. The molecule has 0 aromatic carbocycles. The van der Waals surface area contributed by atoms with Gasteiger partial charge >= 0.3 is 0 Å². The molecule has 1 fully saturated rings. The van der Waals surface area contributed by atoms with E-state index in [1.54, 1.807) is 6.92 Å². The number of nitrogens with zero attached hydrogens (tertiary/aromatic N) is 4. The lowest BCUT2D eigenvalue weighted by Gasteiger charge is -2.43. The van der Waals surface area contributed by atoms with Crippen molar-refractivity contribution in [1.82, 2.24) is 19.6 Å². The monoisotopic (exact) mass is 320 g/mol. The van der Waals surface area contributed by atoms with Crippen molar-refractivity contribution in [2.75, 3.05) is 26.2 Å². The van der Waals surface area contributed by atoms with Crippen LogP contribution >= 0.6 is 0 Å². The summed E-state index contributed by atoms with van der Waals surface area (Å²) in [4.78, 5) is 5.24. The summed E-state index contributed by atoms with van der Waals surface area (Å²) in [7, 11) is 0. The van der Waals surface area contributed by atoms with E-state index in [9.17, 15) is 5.11 Å². The highest BCUT2D eigenvalue weighted by Crippen LogP contribution is 2.24. The molecule has 0 aliphatic carbocycles. The molecule has 0 amide bonds. The van der Waals surface area contributed by atoms with Crippen LogP contribution in [0.1, 0.15) is 63.9 Å². The summed E-state index contributed by atoms with van der Waals surface area (Å²) >= 11 is 0. The molecular weight excluding hydrogens is 288 g/mol. The number of fused-ring (bicyclic) bond motifs is 1. The molecule has 0 radical (unpaired) electrons. The third-order valence-corrected chi connectivity index (χ3v) is 5.36. The minimum atomic E-state index is -0.479. The standard InChI is InChI=1S/C18H32N4O/c1-15(23)17-12-16-13-20(8-7-11-22(16)19-17)14-18(2,3)21-9-5-4-6-10-21/h12,15,23H,4-11,13-14H2,1-3H3/t15-/m1/s1. The molecule has 5 nitrogen and oxygen atoms in total. The van der Waals surface area contributed by atoms with Crippen LogP contribution < -0.4 is 0 Å². The second-order valence-corrected chi connectivity index (χ2v) is 7.88. The quantitative estimate of drug-likeness (QED) is 0.925. The van der Waals surface area contributed by atoms with Gasteiger partial charge in [-0.25, -0.2) is 0 Å². The highest BCUT2D eigenvalue weighted by atomic mass is 16.3. The Morgan fingerprint density at radius 2 is 1.87 bits per heavy atom. The molecule has 23 heavy (non-hydrogen) atoms. The Balaban J connectivity index is 1.67. The van der Waals surface area contributed by atoms with Crippen LogP contribution in [-0.4, -0.2) is 56.4 Å². The Labute approximate surface area is 140 Å². The van der Waals surface area contributed by atoms with Gasteiger partial charge in [0.1, 0.15) is 0 Å². The topological polar surface area (TPSA) is 44.5 Å². The third kappa shape index (κ3) is 3.95. The van der Waals surface area contributed by atoms with Crippen LogP contribution in [0.2, 0.25) is 0 Å². The van der Waals surface area contributed by atoms with Gasteiger partial charge in [0.2, 0.25) is 0 Å². The molecule has 0 saturated carbocycles. The van der Waals surface area contributed by atoms with Crippen molar-refractivity contribution in [3.05, 3.63) is 17.5 Å². The highest BCUT2D eigenvalue weighted by Gasteiger charge is 2.31. The molecule has 1 aromatic heterocycles. The Morgan fingerprint density at radius 3 is 2.57 bits per heavy atom. The molecule has 2 aliphatic rings. The highest BCUT2D eigenvalue weighted by molar-refractivity contribution is 5.13. The number of hydrogen-bond acceptors (Lipinski definition) is 4. The van der Waals surface area contributed by atoms with E-state index in [1.165, 1.54) is 38.0 Å². The Kier molecular flexibility index (Phi) is 5.09. The van der Waals surface area contributed by atoms with E-state index in [0.717, 1.165) is 38.3 Å². The fraction of sp³-hybridized carbons (Fsp3) is 0.833. The lowest BCUT2D eigenvalue weighted by molar-refractivity contribution is 0.0554. The maximum Gasteiger partial charge on any atom is 0.0950 e. The largest absolute Gasteiger partial charge is 0.387 e. The van der Waals surface area contributed by atoms with E-state index in [2.05, 4.69) is 39.5 Å². The van der Waals surface area contributed by atoms with Crippen LogP contribution in [0.3, 0.4) is 0 Å². The summed E-state index contributed by atoms with van der Waals surface area (Å²) in [6.45, 7) is 13.2. The van der Waals surface area contributed by atoms with E-state index in [-0.39, 0.29) is 5.54 Å².